The topological polar surface area (TPSA) is 168 Å². The molecule has 2 heterocycles. The molecule has 28 heavy (non-hydrogen) atoms. The summed E-state index contributed by atoms with van der Waals surface area (Å²) in [7, 11) is 0. The van der Waals surface area contributed by atoms with Crippen LogP contribution in [-0.2, 0) is 9.59 Å². The molecule has 0 aromatic carbocycles. The van der Waals surface area contributed by atoms with Crippen LogP contribution in [0.1, 0.15) is 0 Å². The highest BCUT2D eigenvalue weighted by molar-refractivity contribution is 5.73. The zero-order chi connectivity index (χ0) is 22.1. The maximum atomic E-state index is 10.6. The summed E-state index contributed by atoms with van der Waals surface area (Å²) in [5.41, 5.74) is 11.1. The van der Waals surface area contributed by atoms with Gasteiger partial charge in [0.15, 0.2) is 0 Å². The van der Waals surface area contributed by atoms with Crippen LogP contribution in [0.15, 0.2) is 6.07 Å². The number of hydrogen-bond donors (Lipinski definition) is 5. The van der Waals surface area contributed by atoms with Crippen LogP contribution >= 0.6 is 0 Å². The fourth-order valence-corrected chi connectivity index (χ4v) is 1.53. The maximum Gasteiger partial charge on any atom is 0.490 e. The lowest BCUT2D eigenvalue weighted by Crippen LogP contribution is -2.44. The highest BCUT2D eigenvalue weighted by Crippen LogP contribution is 2.15. The second-order valence-corrected chi connectivity index (χ2v) is 4.85. The third-order valence-electron chi connectivity index (χ3n) is 2.68. The quantitative estimate of drug-likeness (QED) is 0.398. The Morgan fingerprint density at radius 3 is 1.68 bits per heavy atom. The molecule has 7 N–H and O–H groups in total. The molecular formula is C12H16F6N6O4. The Hall–Kier alpha value is -3.04. The molecule has 1 fully saturated rings. The number of carboxylic acids is 2. The number of rotatable bonds is 1. The van der Waals surface area contributed by atoms with Crippen LogP contribution in [0.5, 0.6) is 0 Å². The largest absolute Gasteiger partial charge is 0.490 e. The van der Waals surface area contributed by atoms with Gasteiger partial charge in [0.05, 0.1) is 0 Å². The number of aliphatic carboxylic acids is 2. The van der Waals surface area contributed by atoms with Crippen LogP contribution in [0.4, 0.5) is 43.9 Å². The molecular weight excluding hydrogens is 406 g/mol. The first kappa shape index (κ1) is 25.0. The molecule has 1 aromatic rings. The van der Waals surface area contributed by atoms with Gasteiger partial charge in [0.1, 0.15) is 11.6 Å². The molecule has 0 radical (unpaired) electrons. The minimum atomic E-state index is -5.08. The van der Waals surface area contributed by atoms with E-state index in [1.807, 2.05) is 0 Å². The molecule has 1 aromatic heterocycles. The van der Waals surface area contributed by atoms with E-state index in [0.29, 0.717) is 5.82 Å². The molecule has 0 amide bonds. The average molecular weight is 422 g/mol. The summed E-state index contributed by atoms with van der Waals surface area (Å²) < 4.78 is 63.5. The van der Waals surface area contributed by atoms with Gasteiger partial charge in [0, 0.05) is 32.2 Å². The van der Waals surface area contributed by atoms with E-state index in [4.69, 9.17) is 31.3 Å². The third kappa shape index (κ3) is 10.2. The third-order valence-corrected chi connectivity index (χ3v) is 2.68. The number of piperazine rings is 1. The van der Waals surface area contributed by atoms with Crippen molar-refractivity contribution >= 4 is 29.5 Å². The molecule has 0 atom stereocenters. The Bertz CT molecular complexity index is 619. The molecule has 0 bridgehead atoms. The van der Waals surface area contributed by atoms with Gasteiger partial charge in [-0.25, -0.2) is 9.59 Å². The van der Waals surface area contributed by atoms with Gasteiger partial charge < -0.3 is 31.9 Å². The van der Waals surface area contributed by atoms with Crippen LogP contribution in [0, 0.1) is 0 Å². The van der Waals surface area contributed by atoms with Gasteiger partial charge in [-0.15, -0.1) is 0 Å². The number of anilines is 3. The van der Waals surface area contributed by atoms with Crippen LogP contribution in [0.25, 0.3) is 0 Å². The first-order valence-corrected chi connectivity index (χ1v) is 7.10. The average Bonchev–Trinajstić information content (AvgIpc) is 2.54. The SMILES string of the molecule is Nc1cc(N2CCNCC2)nc(N)n1.O=C(O)C(F)(F)F.O=C(O)C(F)(F)F. The molecule has 16 heteroatoms. The molecule has 0 unspecified atom stereocenters. The van der Waals surface area contributed by atoms with Crippen molar-refractivity contribution in [2.24, 2.45) is 0 Å². The lowest BCUT2D eigenvalue weighted by molar-refractivity contribution is -0.193. The van der Waals surface area contributed by atoms with Crippen LogP contribution < -0.4 is 21.7 Å². The number of alkyl halides is 6. The molecule has 0 aliphatic carbocycles. The number of nitrogens with one attached hydrogen (secondary N) is 1. The Morgan fingerprint density at radius 2 is 1.36 bits per heavy atom. The summed E-state index contributed by atoms with van der Waals surface area (Å²) in [6.45, 7) is 3.78. The molecule has 1 saturated heterocycles. The van der Waals surface area contributed by atoms with Crippen LogP contribution in [-0.4, -0.2) is 70.7 Å². The first-order chi connectivity index (χ1) is 12.6. The van der Waals surface area contributed by atoms with E-state index in [2.05, 4.69) is 20.2 Å². The standard InChI is InChI=1S/C8H14N6.2C2HF3O2/c9-6-5-7(13-8(10)12-6)14-3-1-11-2-4-14;2*3-2(4,5)1(6)7/h5,11H,1-4H2,(H4,9,10,12,13);2*(H,6,7). The summed E-state index contributed by atoms with van der Waals surface area (Å²) in [4.78, 5) is 27.9. The smallest absolute Gasteiger partial charge is 0.475 e. The van der Waals surface area contributed by atoms with Crippen molar-refractivity contribution in [2.45, 2.75) is 12.4 Å². The highest BCUT2D eigenvalue weighted by atomic mass is 19.4. The molecule has 10 nitrogen and oxygen atoms in total. The van der Waals surface area contributed by atoms with E-state index in [1.54, 1.807) is 6.07 Å². The van der Waals surface area contributed by atoms with Crippen molar-refractivity contribution < 1.29 is 46.1 Å². The molecule has 0 spiro atoms. The van der Waals surface area contributed by atoms with Crippen molar-refractivity contribution in [1.82, 2.24) is 15.3 Å². The van der Waals surface area contributed by atoms with Gasteiger partial charge in [-0.05, 0) is 0 Å². The van der Waals surface area contributed by atoms with E-state index < -0.39 is 24.3 Å². The van der Waals surface area contributed by atoms with Crippen molar-refractivity contribution in [1.29, 1.82) is 0 Å². The zero-order valence-corrected chi connectivity index (χ0v) is 13.9. The lowest BCUT2D eigenvalue weighted by atomic mass is 10.3. The van der Waals surface area contributed by atoms with Gasteiger partial charge in [0.25, 0.3) is 0 Å². The number of nitrogens with two attached hydrogens (primary N) is 2. The number of halogens is 6. The van der Waals surface area contributed by atoms with Crippen molar-refractivity contribution in [3.63, 3.8) is 0 Å². The molecule has 1 aliphatic heterocycles. The maximum absolute atomic E-state index is 10.6. The van der Waals surface area contributed by atoms with Gasteiger partial charge >= 0.3 is 24.3 Å². The number of nitrogens with zero attached hydrogens (tertiary/aromatic N) is 3. The van der Waals surface area contributed by atoms with E-state index in [-0.39, 0.29) is 5.95 Å². The monoisotopic (exact) mass is 422 g/mol. The van der Waals surface area contributed by atoms with Crippen molar-refractivity contribution in [2.75, 3.05) is 42.5 Å². The fourth-order valence-electron chi connectivity index (χ4n) is 1.53. The summed E-state index contributed by atoms with van der Waals surface area (Å²) in [5.74, 6) is -4.04. The molecule has 2 rings (SSSR count). The number of carboxylic acid groups (broad SMARTS) is 2. The second-order valence-electron chi connectivity index (χ2n) is 4.85. The Labute approximate surface area is 153 Å². The molecule has 1 aliphatic rings. The van der Waals surface area contributed by atoms with Gasteiger partial charge in [-0.2, -0.15) is 36.3 Å². The van der Waals surface area contributed by atoms with E-state index in [0.717, 1.165) is 32.0 Å². The van der Waals surface area contributed by atoms with E-state index in [9.17, 15) is 26.3 Å². The minimum Gasteiger partial charge on any atom is -0.475 e. The number of aromatic nitrogens is 2. The number of nitrogen functional groups attached to an aromatic ring is 2. The summed E-state index contributed by atoms with van der Waals surface area (Å²) in [6.07, 6.45) is -10.2. The molecule has 0 saturated carbocycles. The highest BCUT2D eigenvalue weighted by Gasteiger charge is 2.38. The summed E-state index contributed by atoms with van der Waals surface area (Å²) >= 11 is 0. The van der Waals surface area contributed by atoms with Gasteiger partial charge in [-0.3, -0.25) is 0 Å². The van der Waals surface area contributed by atoms with Crippen molar-refractivity contribution in [3.8, 4) is 0 Å². The zero-order valence-electron chi connectivity index (χ0n) is 13.9. The van der Waals surface area contributed by atoms with E-state index in [1.165, 1.54) is 0 Å². The van der Waals surface area contributed by atoms with Crippen LogP contribution in [0.3, 0.4) is 0 Å². The second kappa shape index (κ2) is 10.3. The normalized spacial score (nSPS) is 14.1. The molecule has 160 valence electrons. The van der Waals surface area contributed by atoms with Crippen LogP contribution in [0.2, 0.25) is 0 Å². The lowest BCUT2D eigenvalue weighted by Gasteiger charge is -2.28. The van der Waals surface area contributed by atoms with Crippen molar-refractivity contribution in [3.05, 3.63) is 6.07 Å². The Morgan fingerprint density at radius 1 is 0.964 bits per heavy atom. The fraction of sp³-hybridized carbons (Fsp3) is 0.500. The van der Waals surface area contributed by atoms with E-state index >= 15 is 0 Å². The number of carbonyl (C=O) groups is 2. The van der Waals surface area contributed by atoms with Gasteiger partial charge in [-0.1, -0.05) is 0 Å². The Kier molecular flexibility index (Phi) is 9.21. The summed E-state index contributed by atoms with van der Waals surface area (Å²) in [6, 6.07) is 1.75. The number of hydrogen-bond acceptors (Lipinski definition) is 8. The summed E-state index contributed by atoms with van der Waals surface area (Å²) in [5, 5.41) is 17.5. The Balaban J connectivity index is 0.000000444. The first-order valence-electron chi connectivity index (χ1n) is 7.10. The predicted molar refractivity (Wildman–Crippen MR) is 83.3 cm³/mol. The van der Waals surface area contributed by atoms with Gasteiger partial charge in [0.2, 0.25) is 5.95 Å². The predicted octanol–water partition coefficient (Wildman–Crippen LogP) is 0.317. The minimum absolute atomic E-state index is 0.235.